The molecule has 1 rings (SSSR count). The second-order valence-electron chi connectivity index (χ2n) is 3.02. The molecule has 0 aliphatic carbocycles. The summed E-state index contributed by atoms with van der Waals surface area (Å²) in [6, 6.07) is 0.995. The Bertz CT molecular complexity index is 445. The number of carboxylic acids is 1. The third kappa shape index (κ3) is 3.23. The summed E-state index contributed by atoms with van der Waals surface area (Å²) in [5.41, 5.74) is -0.389. The van der Waals surface area contributed by atoms with Crippen molar-refractivity contribution in [3.8, 4) is 11.8 Å². The number of nitrogens with zero attached hydrogens (tertiary/aromatic N) is 1. The molecule has 17 heavy (non-hydrogen) atoms. The first-order chi connectivity index (χ1) is 7.74. The highest BCUT2D eigenvalue weighted by molar-refractivity contribution is 5.90. The van der Waals surface area contributed by atoms with E-state index >= 15 is 0 Å². The monoisotopic (exact) mass is 251 g/mol. The zero-order valence-corrected chi connectivity index (χ0v) is 8.83. The van der Waals surface area contributed by atoms with Gasteiger partial charge in [-0.2, -0.15) is 4.98 Å². The number of ether oxygens (including phenoxy) is 2. The Labute approximate surface area is 93.8 Å². The lowest BCUT2D eigenvalue weighted by Gasteiger charge is -2.12. The van der Waals surface area contributed by atoms with Gasteiger partial charge in [-0.05, 0) is 13.0 Å². The SMILES string of the molecule is COc1nc(OC(F)(F)F)c(C)cc1C(=O)O. The number of methoxy groups -OCH3 is 1. The van der Waals surface area contributed by atoms with Gasteiger partial charge < -0.3 is 14.6 Å². The van der Waals surface area contributed by atoms with E-state index in [2.05, 4.69) is 14.5 Å². The smallest absolute Gasteiger partial charge is 0.480 e. The van der Waals surface area contributed by atoms with E-state index in [0.717, 1.165) is 13.2 Å². The van der Waals surface area contributed by atoms with Crippen LogP contribution >= 0.6 is 0 Å². The van der Waals surface area contributed by atoms with Gasteiger partial charge in [0.1, 0.15) is 5.56 Å². The van der Waals surface area contributed by atoms with Crippen molar-refractivity contribution in [2.24, 2.45) is 0 Å². The Balaban J connectivity index is 3.23. The summed E-state index contributed by atoms with van der Waals surface area (Å²) in [5.74, 6) is -2.53. The van der Waals surface area contributed by atoms with E-state index in [4.69, 9.17) is 5.11 Å². The van der Waals surface area contributed by atoms with Crippen molar-refractivity contribution in [1.29, 1.82) is 0 Å². The number of aromatic carboxylic acids is 1. The van der Waals surface area contributed by atoms with E-state index in [0.29, 0.717) is 0 Å². The number of aromatic nitrogens is 1. The standard InChI is InChI=1S/C9H8F3NO4/c1-4-3-5(8(14)15)7(16-2)13-6(4)17-9(10,11)12/h3H,1-2H3,(H,14,15). The van der Waals surface area contributed by atoms with Crippen LogP contribution < -0.4 is 9.47 Å². The zero-order chi connectivity index (χ0) is 13.2. The Morgan fingerprint density at radius 2 is 2.00 bits per heavy atom. The van der Waals surface area contributed by atoms with Gasteiger partial charge in [-0.3, -0.25) is 0 Å². The van der Waals surface area contributed by atoms with Crippen molar-refractivity contribution < 1.29 is 32.5 Å². The van der Waals surface area contributed by atoms with E-state index in [1.54, 1.807) is 0 Å². The number of carboxylic acid groups (broad SMARTS) is 1. The Hall–Kier alpha value is -1.99. The predicted octanol–water partition coefficient (Wildman–Crippen LogP) is 2.00. The quantitative estimate of drug-likeness (QED) is 0.889. The number of pyridine rings is 1. The molecule has 1 aromatic heterocycles. The zero-order valence-electron chi connectivity index (χ0n) is 8.83. The summed E-state index contributed by atoms with van der Waals surface area (Å²) in [4.78, 5) is 14.1. The summed E-state index contributed by atoms with van der Waals surface area (Å²) in [7, 11) is 1.10. The van der Waals surface area contributed by atoms with E-state index < -0.39 is 24.1 Å². The van der Waals surface area contributed by atoms with Crippen LogP contribution in [0.1, 0.15) is 15.9 Å². The van der Waals surface area contributed by atoms with Crippen LogP contribution in [0, 0.1) is 6.92 Å². The van der Waals surface area contributed by atoms with Crippen molar-refractivity contribution >= 4 is 5.97 Å². The molecule has 1 N–H and O–H groups in total. The van der Waals surface area contributed by atoms with Gasteiger partial charge in [0.05, 0.1) is 7.11 Å². The number of hydrogen-bond acceptors (Lipinski definition) is 4. The van der Waals surface area contributed by atoms with Gasteiger partial charge in [-0.1, -0.05) is 0 Å². The molecule has 0 radical (unpaired) electrons. The van der Waals surface area contributed by atoms with Crippen molar-refractivity contribution in [2.75, 3.05) is 7.11 Å². The Kier molecular flexibility index (Phi) is 3.45. The molecule has 0 saturated heterocycles. The molecule has 0 spiro atoms. The average molecular weight is 251 g/mol. The highest BCUT2D eigenvalue weighted by Crippen LogP contribution is 2.28. The van der Waals surface area contributed by atoms with Crippen LogP contribution in [0.3, 0.4) is 0 Å². The number of hydrogen-bond donors (Lipinski definition) is 1. The van der Waals surface area contributed by atoms with Crippen molar-refractivity contribution in [3.63, 3.8) is 0 Å². The Morgan fingerprint density at radius 3 is 2.41 bits per heavy atom. The molecule has 0 bridgehead atoms. The summed E-state index contributed by atoms with van der Waals surface area (Å²) in [6.07, 6.45) is -4.90. The van der Waals surface area contributed by atoms with Gasteiger partial charge in [-0.25, -0.2) is 4.79 Å². The molecule has 0 unspecified atom stereocenters. The lowest BCUT2D eigenvalue weighted by molar-refractivity contribution is -0.276. The molecule has 1 heterocycles. The highest BCUT2D eigenvalue weighted by atomic mass is 19.4. The van der Waals surface area contributed by atoms with Gasteiger partial charge in [0.15, 0.2) is 0 Å². The van der Waals surface area contributed by atoms with Crippen LogP contribution in [-0.4, -0.2) is 29.5 Å². The highest BCUT2D eigenvalue weighted by Gasteiger charge is 2.33. The molecular weight excluding hydrogens is 243 g/mol. The first-order valence-corrected chi connectivity index (χ1v) is 4.29. The lowest BCUT2D eigenvalue weighted by Crippen LogP contribution is -2.19. The summed E-state index contributed by atoms with van der Waals surface area (Å²) < 4.78 is 44.2. The van der Waals surface area contributed by atoms with Crippen molar-refractivity contribution in [3.05, 3.63) is 17.2 Å². The van der Waals surface area contributed by atoms with Crippen molar-refractivity contribution in [2.45, 2.75) is 13.3 Å². The first kappa shape index (κ1) is 13.1. The molecular formula is C9H8F3NO4. The number of aryl methyl sites for hydroxylation is 1. The number of carbonyl (C=O) groups is 1. The molecule has 0 saturated carbocycles. The van der Waals surface area contributed by atoms with Gasteiger partial charge >= 0.3 is 12.3 Å². The fourth-order valence-electron chi connectivity index (χ4n) is 1.10. The van der Waals surface area contributed by atoms with Crippen LogP contribution in [-0.2, 0) is 0 Å². The molecule has 5 nitrogen and oxygen atoms in total. The molecule has 0 aliphatic heterocycles. The van der Waals surface area contributed by atoms with E-state index in [1.165, 1.54) is 6.92 Å². The summed E-state index contributed by atoms with van der Waals surface area (Å²) in [6.45, 7) is 1.25. The molecule has 0 fully saturated rings. The topological polar surface area (TPSA) is 68.7 Å². The van der Waals surface area contributed by atoms with Gasteiger partial charge in [0.25, 0.3) is 0 Å². The van der Waals surface area contributed by atoms with Crippen LogP contribution in [0.25, 0.3) is 0 Å². The van der Waals surface area contributed by atoms with Crippen LogP contribution in [0.4, 0.5) is 13.2 Å². The fraction of sp³-hybridized carbons (Fsp3) is 0.333. The van der Waals surface area contributed by atoms with E-state index in [1.807, 2.05) is 0 Å². The Morgan fingerprint density at radius 1 is 1.41 bits per heavy atom. The molecule has 0 amide bonds. The molecule has 0 aromatic carbocycles. The van der Waals surface area contributed by atoms with Gasteiger partial charge in [-0.15, -0.1) is 13.2 Å². The van der Waals surface area contributed by atoms with E-state index in [9.17, 15) is 18.0 Å². The second-order valence-corrected chi connectivity index (χ2v) is 3.02. The molecule has 1 aromatic rings. The normalized spacial score (nSPS) is 11.1. The third-order valence-corrected chi connectivity index (χ3v) is 1.77. The summed E-state index contributed by atoms with van der Waals surface area (Å²) in [5, 5.41) is 8.76. The average Bonchev–Trinajstić information content (AvgIpc) is 2.18. The minimum Gasteiger partial charge on any atom is -0.480 e. The first-order valence-electron chi connectivity index (χ1n) is 4.29. The fourth-order valence-corrected chi connectivity index (χ4v) is 1.10. The maximum Gasteiger partial charge on any atom is 0.574 e. The van der Waals surface area contributed by atoms with E-state index in [-0.39, 0.29) is 11.1 Å². The molecule has 0 atom stereocenters. The summed E-state index contributed by atoms with van der Waals surface area (Å²) >= 11 is 0. The maximum atomic E-state index is 12.0. The molecule has 94 valence electrons. The third-order valence-electron chi connectivity index (χ3n) is 1.77. The molecule has 8 heteroatoms. The lowest BCUT2D eigenvalue weighted by atomic mass is 10.2. The minimum absolute atomic E-state index is 0.0551. The number of halogens is 3. The van der Waals surface area contributed by atoms with Crippen LogP contribution in [0.15, 0.2) is 6.07 Å². The minimum atomic E-state index is -4.90. The molecule has 0 aliphatic rings. The van der Waals surface area contributed by atoms with Crippen LogP contribution in [0.5, 0.6) is 11.8 Å². The largest absolute Gasteiger partial charge is 0.574 e. The van der Waals surface area contributed by atoms with Crippen LogP contribution in [0.2, 0.25) is 0 Å². The predicted molar refractivity (Wildman–Crippen MR) is 49.2 cm³/mol. The number of alkyl halides is 3. The van der Waals surface area contributed by atoms with Gasteiger partial charge in [0.2, 0.25) is 11.8 Å². The maximum absolute atomic E-state index is 12.0. The van der Waals surface area contributed by atoms with Gasteiger partial charge in [0, 0.05) is 5.56 Å². The number of rotatable bonds is 3. The van der Waals surface area contributed by atoms with Crippen molar-refractivity contribution in [1.82, 2.24) is 4.98 Å². The second kappa shape index (κ2) is 4.48.